The Labute approximate surface area is 133 Å². The highest BCUT2D eigenvalue weighted by Gasteiger charge is 2.30. The largest absolute Gasteiger partial charge is 0.416 e. The Morgan fingerprint density at radius 1 is 0.522 bits per heavy atom. The van der Waals surface area contributed by atoms with Crippen molar-refractivity contribution in [3.63, 3.8) is 0 Å². The van der Waals surface area contributed by atoms with Crippen molar-refractivity contribution in [1.82, 2.24) is 0 Å². The van der Waals surface area contributed by atoms with Gasteiger partial charge in [0.15, 0.2) is 0 Å². The average molecular weight is 312 g/mol. The van der Waals surface area contributed by atoms with Crippen LogP contribution in [0, 0.1) is 0 Å². The maximum absolute atomic E-state index is 12.8. The van der Waals surface area contributed by atoms with E-state index in [1.54, 1.807) is 12.1 Å². The Bertz CT molecular complexity index is 705. The number of hydrogen-bond acceptors (Lipinski definition) is 0. The molecule has 0 unspecified atom stereocenters. The maximum atomic E-state index is 12.8. The molecule has 23 heavy (non-hydrogen) atoms. The lowest BCUT2D eigenvalue weighted by Gasteiger charge is -2.19. The van der Waals surface area contributed by atoms with Gasteiger partial charge in [-0.3, -0.25) is 0 Å². The minimum Gasteiger partial charge on any atom is -0.166 e. The zero-order valence-electron chi connectivity index (χ0n) is 12.3. The molecule has 0 aliphatic heterocycles. The van der Waals surface area contributed by atoms with Gasteiger partial charge in [0.25, 0.3) is 0 Å². The molecule has 0 bridgehead atoms. The summed E-state index contributed by atoms with van der Waals surface area (Å²) in [7, 11) is 0. The molecule has 3 aromatic carbocycles. The van der Waals surface area contributed by atoms with Gasteiger partial charge in [-0.15, -0.1) is 0 Å². The van der Waals surface area contributed by atoms with E-state index >= 15 is 0 Å². The summed E-state index contributed by atoms with van der Waals surface area (Å²) in [4.78, 5) is 0. The highest BCUT2D eigenvalue weighted by atomic mass is 19.4. The van der Waals surface area contributed by atoms with Gasteiger partial charge in [-0.25, -0.2) is 0 Å². The van der Waals surface area contributed by atoms with Crippen LogP contribution in [0.15, 0.2) is 84.9 Å². The smallest absolute Gasteiger partial charge is 0.166 e. The van der Waals surface area contributed by atoms with Crippen LogP contribution in [-0.2, 0) is 6.18 Å². The van der Waals surface area contributed by atoms with Gasteiger partial charge in [-0.05, 0) is 28.8 Å². The molecule has 0 aliphatic rings. The Balaban J connectivity index is 2.06. The van der Waals surface area contributed by atoms with Crippen LogP contribution in [0.2, 0.25) is 0 Å². The number of rotatable bonds is 3. The summed E-state index contributed by atoms with van der Waals surface area (Å²) in [6, 6.07) is 25.0. The summed E-state index contributed by atoms with van der Waals surface area (Å²) >= 11 is 0. The van der Waals surface area contributed by atoms with Crippen molar-refractivity contribution in [1.29, 1.82) is 0 Å². The normalized spacial score (nSPS) is 11.7. The molecule has 3 heteroatoms. The van der Waals surface area contributed by atoms with E-state index in [0.29, 0.717) is 0 Å². The molecule has 0 aromatic heterocycles. The molecule has 0 heterocycles. The van der Waals surface area contributed by atoms with E-state index in [1.807, 2.05) is 60.7 Å². The van der Waals surface area contributed by atoms with E-state index in [4.69, 9.17) is 0 Å². The van der Waals surface area contributed by atoms with Crippen molar-refractivity contribution >= 4 is 0 Å². The molecule has 0 saturated heterocycles. The Morgan fingerprint density at radius 2 is 0.913 bits per heavy atom. The van der Waals surface area contributed by atoms with Gasteiger partial charge in [0.1, 0.15) is 0 Å². The number of hydrogen-bond donors (Lipinski definition) is 0. The third-order valence-electron chi connectivity index (χ3n) is 3.84. The molecule has 0 fully saturated rings. The van der Waals surface area contributed by atoms with Crippen LogP contribution in [-0.4, -0.2) is 0 Å². The number of alkyl halides is 3. The zero-order valence-corrected chi connectivity index (χ0v) is 12.3. The minimum absolute atomic E-state index is 0.0836. The maximum Gasteiger partial charge on any atom is 0.416 e. The quantitative estimate of drug-likeness (QED) is 0.529. The molecule has 0 atom stereocenters. The standard InChI is InChI=1S/C20H15F3/c21-20(22,23)18-13-11-17(12-14-18)19(15-7-3-1-4-8-15)16-9-5-2-6-10-16/h1-14,19H. The van der Waals surface area contributed by atoms with Crippen LogP contribution >= 0.6 is 0 Å². The first kappa shape index (κ1) is 15.3. The van der Waals surface area contributed by atoms with Crippen molar-refractivity contribution in [2.45, 2.75) is 12.1 Å². The van der Waals surface area contributed by atoms with Gasteiger partial charge in [-0.1, -0.05) is 72.8 Å². The molecule has 3 aromatic rings. The van der Waals surface area contributed by atoms with Crippen LogP contribution in [0.25, 0.3) is 0 Å². The van der Waals surface area contributed by atoms with Crippen LogP contribution in [0.1, 0.15) is 28.2 Å². The first-order chi connectivity index (χ1) is 11.1. The molecule has 3 rings (SSSR count). The van der Waals surface area contributed by atoms with Crippen molar-refractivity contribution in [3.05, 3.63) is 107 Å². The summed E-state index contributed by atoms with van der Waals surface area (Å²) in [5.74, 6) is -0.0836. The predicted molar refractivity (Wildman–Crippen MR) is 85.3 cm³/mol. The topological polar surface area (TPSA) is 0 Å². The van der Waals surface area contributed by atoms with Crippen LogP contribution in [0.4, 0.5) is 13.2 Å². The summed E-state index contributed by atoms with van der Waals surface area (Å²) in [5, 5.41) is 0. The number of halogens is 3. The third kappa shape index (κ3) is 3.45. The van der Waals surface area contributed by atoms with Crippen LogP contribution in [0.5, 0.6) is 0 Å². The predicted octanol–water partition coefficient (Wildman–Crippen LogP) is 5.89. The first-order valence-corrected chi connectivity index (χ1v) is 7.33. The molecule has 0 radical (unpaired) electrons. The minimum atomic E-state index is -4.31. The molecular weight excluding hydrogens is 297 g/mol. The summed E-state index contributed by atoms with van der Waals surface area (Å²) < 4.78 is 38.3. The molecule has 0 saturated carbocycles. The van der Waals surface area contributed by atoms with E-state index in [9.17, 15) is 13.2 Å². The molecule has 0 amide bonds. The van der Waals surface area contributed by atoms with E-state index in [2.05, 4.69) is 0 Å². The lowest BCUT2D eigenvalue weighted by atomic mass is 9.85. The fourth-order valence-corrected chi connectivity index (χ4v) is 2.73. The van der Waals surface area contributed by atoms with E-state index in [0.717, 1.165) is 28.8 Å². The molecule has 0 nitrogen and oxygen atoms in total. The van der Waals surface area contributed by atoms with Gasteiger partial charge in [0, 0.05) is 5.92 Å². The summed E-state index contributed by atoms with van der Waals surface area (Å²) in [6.07, 6.45) is -4.31. The van der Waals surface area contributed by atoms with Crippen molar-refractivity contribution < 1.29 is 13.2 Å². The van der Waals surface area contributed by atoms with Gasteiger partial charge in [0.05, 0.1) is 5.56 Å². The van der Waals surface area contributed by atoms with E-state index in [1.165, 1.54) is 0 Å². The van der Waals surface area contributed by atoms with Crippen molar-refractivity contribution in [2.75, 3.05) is 0 Å². The highest BCUT2D eigenvalue weighted by molar-refractivity contribution is 5.43. The van der Waals surface area contributed by atoms with Crippen LogP contribution in [0.3, 0.4) is 0 Å². The van der Waals surface area contributed by atoms with Gasteiger partial charge < -0.3 is 0 Å². The molecular formula is C20H15F3. The molecule has 0 aliphatic carbocycles. The second-order valence-electron chi connectivity index (χ2n) is 5.37. The molecule has 116 valence electrons. The SMILES string of the molecule is FC(F)(F)c1ccc(C(c2ccccc2)c2ccccc2)cc1. The summed E-state index contributed by atoms with van der Waals surface area (Å²) in [5.41, 5.74) is 2.33. The first-order valence-electron chi connectivity index (χ1n) is 7.33. The molecule has 0 N–H and O–H groups in total. The third-order valence-corrected chi connectivity index (χ3v) is 3.84. The van der Waals surface area contributed by atoms with Crippen molar-refractivity contribution in [2.24, 2.45) is 0 Å². The van der Waals surface area contributed by atoms with Gasteiger partial charge >= 0.3 is 6.18 Å². The highest BCUT2D eigenvalue weighted by Crippen LogP contribution is 2.34. The second-order valence-corrected chi connectivity index (χ2v) is 5.37. The Hall–Kier alpha value is -2.55. The van der Waals surface area contributed by atoms with Crippen LogP contribution < -0.4 is 0 Å². The summed E-state index contributed by atoms with van der Waals surface area (Å²) in [6.45, 7) is 0. The van der Waals surface area contributed by atoms with E-state index < -0.39 is 11.7 Å². The molecule has 0 spiro atoms. The van der Waals surface area contributed by atoms with E-state index in [-0.39, 0.29) is 5.92 Å². The average Bonchev–Trinajstić information content (AvgIpc) is 2.57. The van der Waals surface area contributed by atoms with Gasteiger partial charge in [0.2, 0.25) is 0 Å². The van der Waals surface area contributed by atoms with Gasteiger partial charge in [-0.2, -0.15) is 13.2 Å². The fourth-order valence-electron chi connectivity index (χ4n) is 2.73. The number of benzene rings is 3. The lowest BCUT2D eigenvalue weighted by molar-refractivity contribution is -0.137. The fraction of sp³-hybridized carbons (Fsp3) is 0.100. The monoisotopic (exact) mass is 312 g/mol. The zero-order chi connectivity index (χ0) is 16.3. The lowest BCUT2D eigenvalue weighted by Crippen LogP contribution is -2.07. The Kier molecular flexibility index (Phi) is 4.20. The Morgan fingerprint density at radius 3 is 1.30 bits per heavy atom. The van der Waals surface area contributed by atoms with Crippen molar-refractivity contribution in [3.8, 4) is 0 Å². The second kappa shape index (κ2) is 6.29.